The lowest BCUT2D eigenvalue weighted by Crippen LogP contribution is -1.92. The Labute approximate surface area is 152 Å². The van der Waals surface area contributed by atoms with Gasteiger partial charge in [-0.1, -0.05) is 48.5 Å². The van der Waals surface area contributed by atoms with Crippen LogP contribution in [-0.4, -0.2) is 4.57 Å². The fourth-order valence-electron chi connectivity index (χ4n) is 3.77. The maximum Gasteiger partial charge on any atom is 0.0728 e. The number of benzene rings is 3. The third kappa shape index (κ3) is 1.82. The second-order valence-electron chi connectivity index (χ2n) is 6.31. The van der Waals surface area contributed by atoms with Gasteiger partial charge in [0, 0.05) is 31.9 Å². The maximum atomic E-state index is 2.44. The molecule has 0 aliphatic rings. The third-order valence-electron chi connectivity index (χ3n) is 4.91. The van der Waals surface area contributed by atoms with E-state index in [0.29, 0.717) is 0 Å². The van der Waals surface area contributed by atoms with Crippen LogP contribution in [0.2, 0.25) is 0 Å². The first-order valence-electron chi connectivity index (χ1n) is 8.27. The summed E-state index contributed by atoms with van der Waals surface area (Å²) in [6.07, 6.45) is 0. The summed E-state index contributed by atoms with van der Waals surface area (Å²) in [5.41, 5.74) is 3.89. The molecule has 3 aromatic carbocycles. The molecular formula is C22H13NS2. The zero-order chi connectivity index (χ0) is 16.4. The van der Waals surface area contributed by atoms with Crippen LogP contribution in [0.3, 0.4) is 0 Å². The van der Waals surface area contributed by atoms with Crippen LogP contribution in [-0.2, 0) is 0 Å². The summed E-state index contributed by atoms with van der Waals surface area (Å²) in [6.45, 7) is 0. The molecule has 0 saturated heterocycles. The van der Waals surface area contributed by atoms with Crippen LogP contribution >= 0.6 is 22.7 Å². The Morgan fingerprint density at radius 2 is 1.56 bits per heavy atom. The summed E-state index contributed by atoms with van der Waals surface area (Å²) in [4.78, 5) is 0. The molecule has 0 N–H and O–H groups in total. The smallest absolute Gasteiger partial charge is 0.0728 e. The summed E-state index contributed by atoms with van der Waals surface area (Å²) in [5.74, 6) is 0. The molecular weight excluding hydrogens is 342 g/mol. The standard InChI is InChI=1S/C22H13NS2/c1-2-6-15-11-16(10-9-14(15)5-1)23-19-13-24-12-18(19)22-21(23)17-7-3-4-8-20(17)25-22/h1-13H. The monoisotopic (exact) mass is 355 g/mol. The van der Waals surface area contributed by atoms with Gasteiger partial charge in [0.25, 0.3) is 0 Å². The van der Waals surface area contributed by atoms with E-state index in [-0.39, 0.29) is 0 Å². The molecule has 0 aliphatic carbocycles. The Morgan fingerprint density at radius 3 is 2.52 bits per heavy atom. The maximum absolute atomic E-state index is 2.44. The average Bonchev–Trinajstić information content (AvgIpc) is 3.33. The van der Waals surface area contributed by atoms with Gasteiger partial charge in [-0.15, -0.1) is 22.7 Å². The highest BCUT2D eigenvalue weighted by molar-refractivity contribution is 7.27. The normalized spacial score (nSPS) is 12.0. The molecule has 0 fully saturated rings. The second-order valence-corrected chi connectivity index (χ2v) is 8.11. The predicted molar refractivity (Wildman–Crippen MR) is 112 cm³/mol. The van der Waals surface area contributed by atoms with E-state index < -0.39 is 0 Å². The molecule has 6 rings (SSSR count). The van der Waals surface area contributed by atoms with Gasteiger partial charge >= 0.3 is 0 Å². The van der Waals surface area contributed by atoms with Crippen LogP contribution < -0.4 is 0 Å². The SMILES string of the molecule is c1ccc2cc(-n3c4cscc4c4sc5ccccc5c43)ccc2c1. The molecule has 0 atom stereocenters. The quantitative estimate of drug-likeness (QED) is 0.293. The fraction of sp³-hybridized carbons (Fsp3) is 0. The van der Waals surface area contributed by atoms with Gasteiger partial charge in [-0.25, -0.2) is 0 Å². The zero-order valence-corrected chi connectivity index (χ0v) is 14.9. The van der Waals surface area contributed by atoms with Gasteiger partial charge in [0.15, 0.2) is 0 Å². The van der Waals surface area contributed by atoms with Crippen LogP contribution in [0.15, 0.2) is 77.5 Å². The highest BCUT2D eigenvalue weighted by atomic mass is 32.1. The Morgan fingerprint density at radius 1 is 0.720 bits per heavy atom. The minimum Gasteiger partial charge on any atom is -0.307 e. The van der Waals surface area contributed by atoms with Crippen molar-refractivity contribution in [2.75, 3.05) is 0 Å². The molecule has 0 unspecified atom stereocenters. The van der Waals surface area contributed by atoms with Gasteiger partial charge in [-0.3, -0.25) is 0 Å². The van der Waals surface area contributed by atoms with E-state index in [4.69, 9.17) is 0 Å². The van der Waals surface area contributed by atoms with Gasteiger partial charge in [0.05, 0.1) is 15.7 Å². The highest BCUT2D eigenvalue weighted by Gasteiger charge is 2.18. The van der Waals surface area contributed by atoms with Crippen molar-refractivity contribution < 1.29 is 0 Å². The van der Waals surface area contributed by atoms with Gasteiger partial charge in [0.1, 0.15) is 0 Å². The van der Waals surface area contributed by atoms with Crippen LogP contribution in [0.5, 0.6) is 0 Å². The topological polar surface area (TPSA) is 4.93 Å². The minimum absolute atomic E-state index is 1.24. The number of thiophene rings is 2. The number of nitrogens with zero attached hydrogens (tertiary/aromatic N) is 1. The molecule has 0 aliphatic heterocycles. The number of hydrogen-bond acceptors (Lipinski definition) is 2. The summed E-state index contributed by atoms with van der Waals surface area (Å²) < 4.78 is 5.19. The molecule has 0 bridgehead atoms. The molecule has 118 valence electrons. The molecule has 0 radical (unpaired) electrons. The molecule has 0 saturated carbocycles. The fourth-order valence-corrected chi connectivity index (χ4v) is 5.87. The van der Waals surface area contributed by atoms with Crippen molar-refractivity contribution in [3.8, 4) is 5.69 Å². The van der Waals surface area contributed by atoms with Crippen LogP contribution in [0.25, 0.3) is 47.7 Å². The molecule has 0 amide bonds. The van der Waals surface area contributed by atoms with Crippen LogP contribution in [0.4, 0.5) is 0 Å². The Bertz CT molecular complexity index is 1400. The zero-order valence-electron chi connectivity index (χ0n) is 13.3. The Balaban J connectivity index is 1.81. The third-order valence-corrected chi connectivity index (χ3v) is 6.84. The summed E-state index contributed by atoms with van der Waals surface area (Å²) in [6, 6.07) is 24.1. The van der Waals surface area contributed by atoms with Crippen molar-refractivity contribution in [3.63, 3.8) is 0 Å². The van der Waals surface area contributed by atoms with E-state index in [9.17, 15) is 0 Å². The van der Waals surface area contributed by atoms with Gasteiger partial charge in [-0.05, 0) is 29.0 Å². The lowest BCUT2D eigenvalue weighted by Gasteiger charge is -2.08. The molecule has 1 nitrogen and oxygen atoms in total. The lowest BCUT2D eigenvalue weighted by molar-refractivity contribution is 1.20. The first-order chi connectivity index (χ1) is 12.4. The lowest BCUT2D eigenvalue weighted by atomic mass is 10.1. The van der Waals surface area contributed by atoms with Crippen LogP contribution in [0, 0.1) is 0 Å². The van der Waals surface area contributed by atoms with Crippen LogP contribution in [0.1, 0.15) is 0 Å². The Kier molecular flexibility index (Phi) is 2.70. The van der Waals surface area contributed by atoms with Crippen molar-refractivity contribution in [1.82, 2.24) is 4.57 Å². The first-order valence-corrected chi connectivity index (χ1v) is 10.0. The van der Waals surface area contributed by atoms with Crippen molar-refractivity contribution in [3.05, 3.63) is 77.5 Å². The van der Waals surface area contributed by atoms with Crippen molar-refractivity contribution in [2.24, 2.45) is 0 Å². The first kappa shape index (κ1) is 13.6. The van der Waals surface area contributed by atoms with E-state index >= 15 is 0 Å². The van der Waals surface area contributed by atoms with E-state index in [0.717, 1.165) is 0 Å². The second kappa shape index (κ2) is 4.94. The summed E-state index contributed by atoms with van der Waals surface area (Å²) in [7, 11) is 0. The molecule has 3 heteroatoms. The van der Waals surface area contributed by atoms with E-state index in [2.05, 4.69) is 82.1 Å². The summed E-state index contributed by atoms with van der Waals surface area (Å²) >= 11 is 3.68. The van der Waals surface area contributed by atoms with E-state index in [1.54, 1.807) is 11.3 Å². The van der Waals surface area contributed by atoms with E-state index in [1.165, 1.54) is 47.7 Å². The summed E-state index contributed by atoms with van der Waals surface area (Å²) in [5, 5.41) is 9.83. The minimum atomic E-state index is 1.24. The number of fused-ring (bicyclic) bond motifs is 6. The van der Waals surface area contributed by atoms with Gasteiger partial charge < -0.3 is 4.57 Å². The van der Waals surface area contributed by atoms with Crippen molar-refractivity contribution in [2.45, 2.75) is 0 Å². The highest BCUT2D eigenvalue weighted by Crippen LogP contribution is 2.43. The van der Waals surface area contributed by atoms with E-state index in [1.807, 2.05) is 11.3 Å². The number of aromatic nitrogens is 1. The van der Waals surface area contributed by atoms with Gasteiger partial charge in [0.2, 0.25) is 0 Å². The predicted octanol–water partition coefficient (Wildman–Crippen LogP) is 7.21. The molecule has 0 spiro atoms. The molecule has 25 heavy (non-hydrogen) atoms. The molecule has 6 aromatic rings. The van der Waals surface area contributed by atoms with Gasteiger partial charge in [-0.2, -0.15) is 0 Å². The number of hydrogen-bond donors (Lipinski definition) is 0. The average molecular weight is 355 g/mol. The van der Waals surface area contributed by atoms with Crippen molar-refractivity contribution in [1.29, 1.82) is 0 Å². The van der Waals surface area contributed by atoms with Crippen molar-refractivity contribution >= 4 is 64.7 Å². The number of rotatable bonds is 1. The molecule has 3 aromatic heterocycles. The molecule has 3 heterocycles. The Hall–Kier alpha value is -2.62. The largest absolute Gasteiger partial charge is 0.307 e.